The molecule has 1 aliphatic carbocycles. The van der Waals surface area contributed by atoms with Crippen LogP contribution in [0.4, 0.5) is 0 Å². The Morgan fingerprint density at radius 1 is 1.21 bits per heavy atom. The highest BCUT2D eigenvalue weighted by atomic mass is 14.6. The Morgan fingerprint density at radius 2 is 1.79 bits per heavy atom. The lowest BCUT2D eigenvalue weighted by Crippen LogP contribution is -2.32. The Morgan fingerprint density at radius 3 is 2.29 bits per heavy atom. The molecule has 2 heteroatoms. The summed E-state index contributed by atoms with van der Waals surface area (Å²) in [5.41, 5.74) is 7.96. The normalized spacial score (nSPS) is 25.4. The first-order valence-electron chi connectivity index (χ1n) is 5.18. The zero-order valence-electron chi connectivity index (χ0n) is 9.65. The van der Waals surface area contributed by atoms with Crippen LogP contribution in [0.25, 0.3) is 0 Å². The number of allylic oxidation sites excluding steroid dienone is 2. The van der Waals surface area contributed by atoms with Crippen molar-refractivity contribution in [2.75, 3.05) is 0 Å². The van der Waals surface area contributed by atoms with Crippen LogP contribution in [0.3, 0.4) is 0 Å². The third kappa shape index (κ3) is 1.77. The summed E-state index contributed by atoms with van der Waals surface area (Å²) in [6.45, 7) is 9.00. The molecular weight excluding hydrogens is 172 g/mol. The molecule has 0 aromatic rings. The van der Waals surface area contributed by atoms with Gasteiger partial charge >= 0.3 is 0 Å². The monoisotopic (exact) mass is 192 g/mol. The number of hydrogen-bond acceptors (Lipinski definition) is 2. The number of nitrogens with two attached hydrogens (primary N) is 1. The molecule has 0 heterocycles. The molecule has 0 amide bonds. The van der Waals surface area contributed by atoms with Crippen LogP contribution in [-0.2, 0) is 0 Å². The summed E-state index contributed by atoms with van der Waals surface area (Å²) >= 11 is 0. The van der Waals surface area contributed by atoms with Crippen molar-refractivity contribution in [1.29, 1.82) is 5.26 Å². The lowest BCUT2D eigenvalue weighted by molar-refractivity contribution is 0.104. The van der Waals surface area contributed by atoms with E-state index in [1.165, 1.54) is 0 Å². The predicted octanol–water partition coefficient (Wildman–Crippen LogP) is 2.96. The first kappa shape index (κ1) is 11.1. The van der Waals surface area contributed by atoms with Crippen molar-refractivity contribution in [3.05, 3.63) is 11.3 Å². The molecule has 0 atom stereocenters. The third-order valence-electron chi connectivity index (χ3n) is 3.99. The topological polar surface area (TPSA) is 49.8 Å². The Labute approximate surface area is 86.8 Å². The van der Waals surface area contributed by atoms with Gasteiger partial charge in [0, 0.05) is 11.3 Å². The predicted molar refractivity (Wildman–Crippen MR) is 58.2 cm³/mol. The molecule has 0 fully saturated rings. The van der Waals surface area contributed by atoms with E-state index < -0.39 is 0 Å². The average Bonchev–Trinajstić information content (AvgIpc) is 2.09. The van der Waals surface area contributed by atoms with Crippen LogP contribution in [0.15, 0.2) is 11.3 Å². The fourth-order valence-electron chi connectivity index (χ4n) is 1.89. The van der Waals surface area contributed by atoms with Crippen molar-refractivity contribution in [2.24, 2.45) is 16.6 Å². The van der Waals surface area contributed by atoms with Gasteiger partial charge in [-0.1, -0.05) is 27.7 Å². The first-order chi connectivity index (χ1) is 6.30. The van der Waals surface area contributed by atoms with E-state index in [1.54, 1.807) is 0 Å². The van der Waals surface area contributed by atoms with Gasteiger partial charge in [-0.05, 0) is 30.1 Å². The maximum atomic E-state index is 8.94. The van der Waals surface area contributed by atoms with Gasteiger partial charge in [0.15, 0.2) is 0 Å². The van der Waals surface area contributed by atoms with Crippen LogP contribution < -0.4 is 5.73 Å². The molecule has 1 rings (SSSR count). The molecular formula is C12H20N2. The molecule has 0 unspecified atom stereocenters. The number of nitriles is 1. The first-order valence-corrected chi connectivity index (χ1v) is 5.18. The van der Waals surface area contributed by atoms with E-state index in [0.717, 1.165) is 30.5 Å². The fraction of sp³-hybridized carbons (Fsp3) is 0.750. The number of nitrogens with zero attached hydrogens (tertiary/aromatic N) is 1. The van der Waals surface area contributed by atoms with E-state index in [4.69, 9.17) is 11.0 Å². The van der Waals surface area contributed by atoms with Crippen LogP contribution in [0.1, 0.15) is 47.0 Å². The SMILES string of the molecule is CC1(C)CCC(C#N)=C(N)CC1(C)C. The van der Waals surface area contributed by atoms with Gasteiger partial charge in [0.25, 0.3) is 0 Å². The van der Waals surface area contributed by atoms with E-state index in [9.17, 15) is 0 Å². The van der Waals surface area contributed by atoms with E-state index in [0.29, 0.717) is 0 Å². The number of hydrogen-bond donors (Lipinski definition) is 1. The smallest absolute Gasteiger partial charge is 0.0965 e. The van der Waals surface area contributed by atoms with Gasteiger partial charge in [-0.15, -0.1) is 0 Å². The van der Waals surface area contributed by atoms with Gasteiger partial charge < -0.3 is 5.73 Å². The molecule has 0 saturated heterocycles. The Bertz CT molecular complexity index is 303. The van der Waals surface area contributed by atoms with E-state index >= 15 is 0 Å². The summed E-state index contributed by atoms with van der Waals surface area (Å²) in [5, 5.41) is 8.94. The standard InChI is InChI=1S/C12H20N2/c1-11(2)6-5-9(8-13)10(14)7-12(11,3)4/h5-7,14H2,1-4H3. The molecule has 0 spiro atoms. The molecule has 14 heavy (non-hydrogen) atoms. The van der Waals surface area contributed by atoms with Crippen LogP contribution in [0.5, 0.6) is 0 Å². The summed E-state index contributed by atoms with van der Waals surface area (Å²) < 4.78 is 0. The van der Waals surface area contributed by atoms with Crippen LogP contribution in [0, 0.1) is 22.2 Å². The summed E-state index contributed by atoms with van der Waals surface area (Å²) in [4.78, 5) is 0. The second kappa shape index (κ2) is 3.31. The molecule has 0 aromatic carbocycles. The van der Waals surface area contributed by atoms with Gasteiger partial charge in [0.05, 0.1) is 6.07 Å². The average molecular weight is 192 g/mol. The lowest BCUT2D eigenvalue weighted by atomic mass is 9.65. The minimum absolute atomic E-state index is 0.176. The van der Waals surface area contributed by atoms with Crippen LogP contribution in [-0.4, -0.2) is 0 Å². The Kier molecular flexibility index (Phi) is 2.63. The Hall–Kier alpha value is -0.970. The molecule has 0 bridgehead atoms. The van der Waals surface area contributed by atoms with Crippen molar-refractivity contribution in [1.82, 2.24) is 0 Å². The minimum atomic E-state index is 0.176. The second-order valence-electron chi connectivity index (χ2n) is 5.56. The lowest BCUT2D eigenvalue weighted by Gasteiger charge is -2.40. The minimum Gasteiger partial charge on any atom is -0.401 e. The van der Waals surface area contributed by atoms with Crippen molar-refractivity contribution < 1.29 is 0 Å². The molecule has 1 aliphatic rings. The summed E-state index contributed by atoms with van der Waals surface area (Å²) in [5.74, 6) is 0. The summed E-state index contributed by atoms with van der Waals surface area (Å²) in [6.07, 6.45) is 2.71. The van der Waals surface area contributed by atoms with Gasteiger partial charge in [-0.2, -0.15) is 5.26 Å². The van der Waals surface area contributed by atoms with Crippen molar-refractivity contribution in [2.45, 2.75) is 47.0 Å². The highest BCUT2D eigenvalue weighted by molar-refractivity contribution is 5.28. The van der Waals surface area contributed by atoms with Crippen LogP contribution in [0.2, 0.25) is 0 Å². The van der Waals surface area contributed by atoms with E-state index in [1.807, 2.05) is 0 Å². The van der Waals surface area contributed by atoms with E-state index in [-0.39, 0.29) is 10.8 Å². The molecule has 2 nitrogen and oxygen atoms in total. The molecule has 0 aliphatic heterocycles. The molecule has 78 valence electrons. The van der Waals surface area contributed by atoms with Crippen LogP contribution >= 0.6 is 0 Å². The fourth-order valence-corrected chi connectivity index (χ4v) is 1.89. The largest absolute Gasteiger partial charge is 0.401 e. The summed E-state index contributed by atoms with van der Waals surface area (Å²) in [6, 6.07) is 2.22. The highest BCUT2D eigenvalue weighted by Crippen LogP contribution is 2.48. The molecule has 0 saturated carbocycles. The van der Waals surface area contributed by atoms with Gasteiger partial charge in [-0.25, -0.2) is 0 Å². The van der Waals surface area contributed by atoms with Crippen molar-refractivity contribution in [3.63, 3.8) is 0 Å². The molecule has 0 aromatic heterocycles. The maximum Gasteiger partial charge on any atom is 0.0965 e. The van der Waals surface area contributed by atoms with E-state index in [2.05, 4.69) is 33.8 Å². The van der Waals surface area contributed by atoms with Gasteiger partial charge in [0.1, 0.15) is 0 Å². The summed E-state index contributed by atoms with van der Waals surface area (Å²) in [7, 11) is 0. The molecule has 2 N–H and O–H groups in total. The quantitative estimate of drug-likeness (QED) is 0.641. The highest BCUT2D eigenvalue weighted by Gasteiger charge is 2.39. The van der Waals surface area contributed by atoms with Crippen molar-refractivity contribution in [3.8, 4) is 6.07 Å². The van der Waals surface area contributed by atoms with Gasteiger partial charge in [-0.3, -0.25) is 0 Å². The zero-order valence-corrected chi connectivity index (χ0v) is 9.65. The Balaban J connectivity index is 3.04. The molecule has 0 radical (unpaired) electrons. The second-order valence-corrected chi connectivity index (χ2v) is 5.56. The van der Waals surface area contributed by atoms with Crippen molar-refractivity contribution >= 4 is 0 Å². The van der Waals surface area contributed by atoms with Gasteiger partial charge in [0.2, 0.25) is 0 Å². The zero-order chi connectivity index (χ0) is 11.0. The number of rotatable bonds is 0. The third-order valence-corrected chi connectivity index (χ3v) is 3.99. The maximum absolute atomic E-state index is 8.94.